The summed E-state index contributed by atoms with van der Waals surface area (Å²) in [6.45, 7) is 2.76. The molecule has 0 unspecified atom stereocenters. The molecule has 0 radical (unpaired) electrons. The van der Waals surface area contributed by atoms with Crippen molar-refractivity contribution in [2.45, 2.75) is 6.92 Å². The molecule has 0 aliphatic carbocycles. The molecule has 0 amide bonds. The minimum Gasteiger partial charge on any atom is -0.455 e. The van der Waals surface area contributed by atoms with Crippen LogP contribution < -0.4 is 4.74 Å². The number of hydrogen-bond acceptors (Lipinski definition) is 10. The molecule has 0 saturated carbocycles. The van der Waals surface area contributed by atoms with Gasteiger partial charge in [0.2, 0.25) is 11.7 Å². The van der Waals surface area contributed by atoms with Crippen molar-refractivity contribution in [3.8, 4) is 28.5 Å². The molecule has 11 nitrogen and oxygen atoms in total. The first-order valence-electron chi connectivity index (χ1n) is 8.90. The summed E-state index contributed by atoms with van der Waals surface area (Å²) in [5, 5.41) is 23.1. The summed E-state index contributed by atoms with van der Waals surface area (Å²) in [4.78, 5) is 6.01. The fourth-order valence-electron chi connectivity index (χ4n) is 3.01. The van der Waals surface area contributed by atoms with Crippen molar-refractivity contribution in [1.29, 1.82) is 0 Å². The molecular formula is C18H17N9O2. The lowest BCUT2D eigenvalue weighted by Gasteiger charge is -2.17. The third-order valence-corrected chi connectivity index (χ3v) is 4.37. The summed E-state index contributed by atoms with van der Waals surface area (Å²) in [6.07, 6.45) is 5.17. The Labute approximate surface area is 165 Å². The Bertz CT molecular complexity index is 1180. The standard InChI is InChI=1S/C18H17N9O2/c1-12-7-15(24-29-12)17-22-21-16-8-14(13-3-5-19-6-4-13)18(23-27(16)17)28-11-26-9-20-25(2)10-26/h3-9H,10-11H2,1-2H3. The number of hydrogen-bond donors (Lipinski definition) is 0. The number of aryl methyl sites for hydroxylation is 1. The van der Waals surface area contributed by atoms with E-state index in [0.29, 0.717) is 42.2 Å². The third kappa shape index (κ3) is 3.22. The first-order valence-corrected chi connectivity index (χ1v) is 8.90. The second-order valence-electron chi connectivity index (χ2n) is 6.61. The Morgan fingerprint density at radius 3 is 2.76 bits per heavy atom. The Morgan fingerprint density at radius 1 is 1.17 bits per heavy atom. The lowest BCUT2D eigenvalue weighted by atomic mass is 10.1. The van der Waals surface area contributed by atoms with Gasteiger partial charge in [0.05, 0.1) is 0 Å². The predicted molar refractivity (Wildman–Crippen MR) is 103 cm³/mol. The molecule has 5 rings (SSSR count). The van der Waals surface area contributed by atoms with Crippen molar-refractivity contribution in [1.82, 2.24) is 39.9 Å². The van der Waals surface area contributed by atoms with Gasteiger partial charge in [0.1, 0.15) is 18.8 Å². The highest BCUT2D eigenvalue weighted by Gasteiger charge is 2.19. The van der Waals surface area contributed by atoms with Crippen LogP contribution in [0.5, 0.6) is 5.88 Å². The normalized spacial score (nSPS) is 13.6. The van der Waals surface area contributed by atoms with E-state index < -0.39 is 0 Å². The van der Waals surface area contributed by atoms with Crippen molar-refractivity contribution in [2.75, 3.05) is 20.4 Å². The lowest BCUT2D eigenvalue weighted by Crippen LogP contribution is -2.28. The highest BCUT2D eigenvalue weighted by Crippen LogP contribution is 2.30. The zero-order chi connectivity index (χ0) is 19.8. The van der Waals surface area contributed by atoms with E-state index in [4.69, 9.17) is 9.26 Å². The first kappa shape index (κ1) is 17.1. The van der Waals surface area contributed by atoms with Crippen LogP contribution >= 0.6 is 0 Å². The topological polar surface area (TPSA) is 110 Å². The summed E-state index contributed by atoms with van der Waals surface area (Å²) < 4.78 is 12.8. The highest BCUT2D eigenvalue weighted by atomic mass is 16.5. The van der Waals surface area contributed by atoms with Gasteiger partial charge in [0.25, 0.3) is 0 Å². The Morgan fingerprint density at radius 2 is 2.03 bits per heavy atom. The number of aromatic nitrogens is 6. The molecule has 1 aliphatic rings. The van der Waals surface area contributed by atoms with E-state index in [9.17, 15) is 0 Å². The zero-order valence-corrected chi connectivity index (χ0v) is 15.8. The largest absolute Gasteiger partial charge is 0.455 e. The summed E-state index contributed by atoms with van der Waals surface area (Å²) in [6, 6.07) is 7.45. The Kier molecular flexibility index (Phi) is 4.04. The van der Waals surface area contributed by atoms with Gasteiger partial charge < -0.3 is 14.2 Å². The summed E-state index contributed by atoms with van der Waals surface area (Å²) in [7, 11) is 1.90. The maximum Gasteiger partial charge on any atom is 0.241 e. The third-order valence-electron chi connectivity index (χ3n) is 4.37. The van der Waals surface area contributed by atoms with E-state index in [0.717, 1.165) is 11.1 Å². The molecule has 0 fully saturated rings. The van der Waals surface area contributed by atoms with Crippen LogP contribution in [0.4, 0.5) is 0 Å². The van der Waals surface area contributed by atoms with E-state index >= 15 is 0 Å². The summed E-state index contributed by atoms with van der Waals surface area (Å²) in [5.74, 6) is 1.59. The molecular weight excluding hydrogens is 374 g/mol. The van der Waals surface area contributed by atoms with Crippen molar-refractivity contribution < 1.29 is 9.26 Å². The number of nitrogens with zero attached hydrogens (tertiary/aromatic N) is 9. The average Bonchev–Trinajstić information content (AvgIpc) is 3.45. The second kappa shape index (κ2) is 6.86. The van der Waals surface area contributed by atoms with Gasteiger partial charge >= 0.3 is 0 Å². The molecule has 0 atom stereocenters. The molecule has 146 valence electrons. The molecule has 0 aromatic carbocycles. The average molecular weight is 391 g/mol. The quantitative estimate of drug-likeness (QED) is 0.501. The van der Waals surface area contributed by atoms with Gasteiger partial charge in [0.15, 0.2) is 18.1 Å². The van der Waals surface area contributed by atoms with Crippen LogP contribution in [0.25, 0.3) is 28.3 Å². The van der Waals surface area contributed by atoms with Gasteiger partial charge in [0, 0.05) is 31.1 Å². The predicted octanol–water partition coefficient (Wildman–Crippen LogP) is 1.63. The molecule has 4 aromatic rings. The molecule has 5 heterocycles. The van der Waals surface area contributed by atoms with Crippen molar-refractivity contribution >= 4 is 12.0 Å². The highest BCUT2D eigenvalue weighted by molar-refractivity contribution is 5.72. The van der Waals surface area contributed by atoms with Crippen molar-refractivity contribution in [2.24, 2.45) is 5.10 Å². The summed E-state index contributed by atoms with van der Waals surface area (Å²) >= 11 is 0. The van der Waals surface area contributed by atoms with Gasteiger partial charge in [-0.1, -0.05) is 5.16 Å². The minimum absolute atomic E-state index is 0.297. The van der Waals surface area contributed by atoms with Crippen LogP contribution in [0.1, 0.15) is 5.76 Å². The molecule has 0 saturated heterocycles. The zero-order valence-electron chi connectivity index (χ0n) is 15.8. The maximum absolute atomic E-state index is 6.05. The summed E-state index contributed by atoms with van der Waals surface area (Å²) in [5.41, 5.74) is 2.83. The molecule has 29 heavy (non-hydrogen) atoms. The van der Waals surface area contributed by atoms with Crippen LogP contribution in [0.15, 0.2) is 46.3 Å². The SMILES string of the molecule is Cc1cc(-c2nnc3cc(-c4ccncc4)c(OCN4C=NN(C)C4)nn23)no1. The number of ether oxygens (including phenoxy) is 1. The van der Waals surface area contributed by atoms with E-state index in [2.05, 4.69) is 30.5 Å². The number of hydrazone groups is 1. The van der Waals surface area contributed by atoms with Gasteiger partial charge in [-0.15, -0.1) is 15.3 Å². The Balaban J connectivity index is 1.57. The smallest absolute Gasteiger partial charge is 0.241 e. The number of fused-ring (bicyclic) bond motifs is 1. The molecule has 1 aliphatic heterocycles. The minimum atomic E-state index is 0.297. The van der Waals surface area contributed by atoms with Crippen molar-refractivity contribution in [3.05, 3.63) is 42.4 Å². The monoisotopic (exact) mass is 391 g/mol. The van der Waals surface area contributed by atoms with Crippen LogP contribution in [0.3, 0.4) is 0 Å². The lowest BCUT2D eigenvalue weighted by molar-refractivity contribution is 0.158. The van der Waals surface area contributed by atoms with E-state index in [-0.39, 0.29) is 0 Å². The van der Waals surface area contributed by atoms with E-state index in [1.54, 1.807) is 29.3 Å². The van der Waals surface area contributed by atoms with Crippen LogP contribution in [0, 0.1) is 6.92 Å². The molecule has 0 spiro atoms. The fraction of sp³-hybridized carbons (Fsp3) is 0.222. The fourth-order valence-corrected chi connectivity index (χ4v) is 3.01. The number of rotatable bonds is 5. The van der Waals surface area contributed by atoms with E-state index in [1.165, 1.54) is 0 Å². The Hall–Kier alpha value is -4.02. The molecule has 11 heteroatoms. The van der Waals surface area contributed by atoms with Gasteiger partial charge in [-0.2, -0.15) is 9.62 Å². The number of pyridine rings is 1. The van der Waals surface area contributed by atoms with Crippen LogP contribution in [-0.2, 0) is 0 Å². The van der Waals surface area contributed by atoms with Gasteiger partial charge in [-0.05, 0) is 30.7 Å². The van der Waals surface area contributed by atoms with Crippen LogP contribution in [0.2, 0.25) is 0 Å². The van der Waals surface area contributed by atoms with Gasteiger partial charge in [-0.25, -0.2) is 0 Å². The molecule has 0 N–H and O–H groups in total. The molecule has 4 aromatic heterocycles. The van der Waals surface area contributed by atoms with E-state index in [1.807, 2.05) is 42.1 Å². The van der Waals surface area contributed by atoms with Crippen molar-refractivity contribution in [3.63, 3.8) is 0 Å². The molecule has 0 bridgehead atoms. The van der Waals surface area contributed by atoms with Crippen LogP contribution in [-0.4, -0.2) is 66.6 Å². The first-order chi connectivity index (χ1) is 14.2. The second-order valence-corrected chi connectivity index (χ2v) is 6.61. The maximum atomic E-state index is 6.05. The van der Waals surface area contributed by atoms with Gasteiger partial charge in [-0.3, -0.25) is 9.99 Å².